The van der Waals surface area contributed by atoms with Crippen LogP contribution in [0.1, 0.15) is 0 Å². The number of nitrogens with zero attached hydrogens (tertiary/aromatic N) is 2. The van der Waals surface area contributed by atoms with Gasteiger partial charge in [-0.15, -0.1) is 0 Å². The highest BCUT2D eigenvalue weighted by Crippen LogP contribution is 2.28. The van der Waals surface area contributed by atoms with Gasteiger partial charge >= 0.3 is 0 Å². The van der Waals surface area contributed by atoms with Crippen LogP contribution in [0.2, 0.25) is 5.15 Å². The van der Waals surface area contributed by atoms with E-state index in [4.69, 9.17) is 16.3 Å². The zero-order chi connectivity index (χ0) is 17.8. The smallest absolute Gasteiger partial charge is 0.221 e. The van der Waals surface area contributed by atoms with Crippen LogP contribution in [0, 0.1) is 0 Å². The third kappa shape index (κ3) is 3.94. The average Bonchev–Trinajstić information content (AvgIpc) is 2.63. The molecule has 0 radical (unpaired) electrons. The average molecular weight is 481 g/mol. The van der Waals surface area contributed by atoms with Gasteiger partial charge in [0.05, 0.1) is 7.11 Å². The lowest BCUT2D eigenvalue weighted by Crippen LogP contribution is -1.88. The molecule has 0 atom stereocenters. The van der Waals surface area contributed by atoms with E-state index < -0.39 is 0 Å². The lowest BCUT2D eigenvalue weighted by molar-refractivity contribution is 0.403. The number of pyridine rings is 2. The molecule has 0 bridgehead atoms. The second-order valence-electron chi connectivity index (χ2n) is 5.09. The zero-order valence-corrected chi connectivity index (χ0v) is 17.1. The van der Waals surface area contributed by atoms with E-state index in [1.807, 2.05) is 48.5 Å². The van der Waals surface area contributed by atoms with Crippen molar-refractivity contribution >= 4 is 65.0 Å². The van der Waals surface area contributed by atoms with E-state index in [9.17, 15) is 0 Å². The van der Waals surface area contributed by atoms with Gasteiger partial charge in [0, 0.05) is 42.9 Å². The molecule has 0 saturated heterocycles. The van der Waals surface area contributed by atoms with E-state index in [1.165, 1.54) is 0 Å². The van der Waals surface area contributed by atoms with E-state index in [1.54, 1.807) is 19.5 Å². The standard InChI is InChI=1S/C10H8BrNO.C9H5BrClN/c1-13-10-8-3-2-4-9(11)7(8)5-6-12-10;10-8-3-1-2-7-6(8)4-5-12-9(7)11/h2-6H,1H3;1-5H. The Balaban J connectivity index is 0.000000146. The van der Waals surface area contributed by atoms with Gasteiger partial charge in [-0.1, -0.05) is 61.7 Å². The van der Waals surface area contributed by atoms with E-state index in [-0.39, 0.29) is 0 Å². The molecule has 25 heavy (non-hydrogen) atoms. The molecule has 0 aliphatic carbocycles. The summed E-state index contributed by atoms with van der Waals surface area (Å²) in [6.45, 7) is 0. The molecule has 0 unspecified atom stereocenters. The third-order valence-electron chi connectivity index (χ3n) is 3.61. The lowest BCUT2D eigenvalue weighted by Gasteiger charge is -2.04. The molecule has 4 rings (SSSR count). The molecule has 0 saturated carbocycles. The summed E-state index contributed by atoms with van der Waals surface area (Å²) in [4.78, 5) is 8.12. The summed E-state index contributed by atoms with van der Waals surface area (Å²) in [5.74, 6) is 0.666. The summed E-state index contributed by atoms with van der Waals surface area (Å²) in [7, 11) is 1.63. The van der Waals surface area contributed by atoms with Gasteiger partial charge in [-0.3, -0.25) is 0 Å². The van der Waals surface area contributed by atoms with Crippen molar-refractivity contribution in [1.29, 1.82) is 0 Å². The Kier molecular flexibility index (Phi) is 5.89. The van der Waals surface area contributed by atoms with Crippen molar-refractivity contribution in [2.75, 3.05) is 7.11 Å². The van der Waals surface area contributed by atoms with Crippen molar-refractivity contribution in [1.82, 2.24) is 9.97 Å². The second kappa shape index (κ2) is 8.13. The highest BCUT2D eigenvalue weighted by molar-refractivity contribution is 9.11. The van der Waals surface area contributed by atoms with E-state index in [0.29, 0.717) is 11.0 Å². The SMILES string of the molecule is COc1nccc2c(Br)cccc12.Clc1nccc2c(Br)cccc12. The van der Waals surface area contributed by atoms with Crippen molar-refractivity contribution in [2.24, 2.45) is 0 Å². The molecule has 0 fully saturated rings. The molecule has 0 aliphatic rings. The third-order valence-corrected chi connectivity index (χ3v) is 5.30. The van der Waals surface area contributed by atoms with Crippen LogP contribution in [-0.2, 0) is 0 Å². The van der Waals surface area contributed by atoms with Gasteiger partial charge in [0.1, 0.15) is 5.15 Å². The molecule has 2 aromatic heterocycles. The predicted octanol–water partition coefficient (Wildman–Crippen LogP) is 6.66. The Bertz CT molecular complexity index is 999. The van der Waals surface area contributed by atoms with Crippen LogP contribution in [-0.4, -0.2) is 17.1 Å². The first-order valence-electron chi connectivity index (χ1n) is 7.37. The Labute approximate surface area is 167 Å². The number of fused-ring (bicyclic) bond motifs is 2. The van der Waals surface area contributed by atoms with Crippen LogP contribution in [0.5, 0.6) is 5.88 Å². The molecule has 4 aromatic rings. The van der Waals surface area contributed by atoms with Crippen molar-refractivity contribution < 1.29 is 4.74 Å². The van der Waals surface area contributed by atoms with Gasteiger partial charge in [0.2, 0.25) is 5.88 Å². The Morgan fingerprint density at radius 1 is 0.760 bits per heavy atom. The van der Waals surface area contributed by atoms with Crippen molar-refractivity contribution in [3.05, 3.63) is 75.0 Å². The van der Waals surface area contributed by atoms with Crippen LogP contribution in [0.25, 0.3) is 21.5 Å². The summed E-state index contributed by atoms with van der Waals surface area (Å²) < 4.78 is 7.26. The highest BCUT2D eigenvalue weighted by atomic mass is 79.9. The molecular weight excluding hydrogens is 467 g/mol. The van der Waals surface area contributed by atoms with Gasteiger partial charge < -0.3 is 4.74 Å². The largest absolute Gasteiger partial charge is 0.481 e. The number of rotatable bonds is 1. The maximum absolute atomic E-state index is 5.90. The van der Waals surface area contributed by atoms with Crippen LogP contribution in [0.3, 0.4) is 0 Å². The van der Waals surface area contributed by atoms with Gasteiger partial charge in [0.15, 0.2) is 0 Å². The predicted molar refractivity (Wildman–Crippen MR) is 110 cm³/mol. The number of hydrogen-bond donors (Lipinski definition) is 0. The highest BCUT2D eigenvalue weighted by Gasteiger charge is 2.03. The fourth-order valence-corrected chi connectivity index (χ4v) is 3.66. The zero-order valence-electron chi connectivity index (χ0n) is 13.2. The fraction of sp³-hybridized carbons (Fsp3) is 0.0526. The van der Waals surface area contributed by atoms with E-state index in [2.05, 4.69) is 41.8 Å². The quantitative estimate of drug-likeness (QED) is 0.286. The molecule has 0 N–H and O–H groups in total. The van der Waals surface area contributed by atoms with Gasteiger partial charge in [0.25, 0.3) is 0 Å². The first-order chi connectivity index (χ1) is 12.1. The van der Waals surface area contributed by atoms with Crippen LogP contribution >= 0.6 is 43.5 Å². The Morgan fingerprint density at radius 2 is 1.32 bits per heavy atom. The second-order valence-corrected chi connectivity index (χ2v) is 7.16. The monoisotopic (exact) mass is 478 g/mol. The number of hydrogen-bond acceptors (Lipinski definition) is 3. The van der Waals surface area contributed by atoms with Crippen molar-refractivity contribution in [3.8, 4) is 5.88 Å². The van der Waals surface area contributed by atoms with E-state index >= 15 is 0 Å². The van der Waals surface area contributed by atoms with E-state index in [0.717, 1.165) is 30.5 Å². The van der Waals surface area contributed by atoms with Crippen LogP contribution in [0.4, 0.5) is 0 Å². The van der Waals surface area contributed by atoms with Gasteiger partial charge in [-0.05, 0) is 30.3 Å². The maximum atomic E-state index is 5.90. The molecule has 2 aromatic carbocycles. The fourth-order valence-electron chi connectivity index (χ4n) is 2.44. The number of halogens is 3. The van der Waals surface area contributed by atoms with Crippen molar-refractivity contribution in [2.45, 2.75) is 0 Å². The number of benzene rings is 2. The molecular formula is C19H13Br2ClN2O. The minimum Gasteiger partial charge on any atom is -0.481 e. The molecule has 0 spiro atoms. The normalized spacial score (nSPS) is 10.4. The maximum Gasteiger partial charge on any atom is 0.221 e. The van der Waals surface area contributed by atoms with Crippen molar-refractivity contribution in [3.63, 3.8) is 0 Å². The molecule has 2 heterocycles. The summed E-state index contributed by atoms with van der Waals surface area (Å²) in [6, 6.07) is 15.7. The number of methoxy groups -OCH3 is 1. The number of aromatic nitrogens is 2. The molecule has 0 amide bonds. The lowest BCUT2D eigenvalue weighted by atomic mass is 10.2. The minimum atomic E-state index is 0.550. The summed E-state index contributed by atoms with van der Waals surface area (Å²) in [5, 5.41) is 4.77. The molecule has 126 valence electrons. The van der Waals surface area contributed by atoms with Gasteiger partial charge in [-0.2, -0.15) is 0 Å². The first kappa shape index (κ1) is 18.1. The van der Waals surface area contributed by atoms with Crippen LogP contribution in [0.15, 0.2) is 69.9 Å². The summed E-state index contributed by atoms with van der Waals surface area (Å²) >= 11 is 12.8. The summed E-state index contributed by atoms with van der Waals surface area (Å²) in [6.07, 6.45) is 3.45. The summed E-state index contributed by atoms with van der Waals surface area (Å²) in [5.41, 5.74) is 0. The Morgan fingerprint density at radius 3 is 1.92 bits per heavy atom. The molecule has 0 aliphatic heterocycles. The molecule has 3 nitrogen and oxygen atoms in total. The van der Waals surface area contributed by atoms with Crippen LogP contribution < -0.4 is 4.74 Å². The first-order valence-corrected chi connectivity index (χ1v) is 9.34. The topological polar surface area (TPSA) is 35.0 Å². The Hall–Kier alpha value is -1.69. The minimum absolute atomic E-state index is 0.550. The molecule has 6 heteroatoms. The number of ether oxygens (including phenoxy) is 1. The van der Waals surface area contributed by atoms with Gasteiger partial charge in [-0.25, -0.2) is 9.97 Å².